The Hall–Kier alpha value is -3.82. The zero-order chi connectivity index (χ0) is 23.0. The van der Waals surface area contributed by atoms with Crippen LogP contribution in [-0.4, -0.2) is 33.0 Å². The Morgan fingerprint density at radius 2 is 1.84 bits per heavy atom. The molecular weight excluding hydrogens is 424 g/mol. The fraction of sp³-hybridized carbons (Fsp3) is 0.182. The summed E-state index contributed by atoms with van der Waals surface area (Å²) in [6, 6.07) is 8.07. The lowest BCUT2D eigenvalue weighted by Gasteiger charge is -2.10. The van der Waals surface area contributed by atoms with Crippen molar-refractivity contribution in [3.05, 3.63) is 83.0 Å². The van der Waals surface area contributed by atoms with Crippen LogP contribution in [0.3, 0.4) is 0 Å². The van der Waals surface area contributed by atoms with Crippen molar-refractivity contribution in [3.63, 3.8) is 0 Å². The molecule has 1 unspecified atom stereocenters. The molecule has 4 rings (SSSR count). The van der Waals surface area contributed by atoms with E-state index in [9.17, 15) is 17.6 Å². The van der Waals surface area contributed by atoms with Crippen molar-refractivity contribution >= 4 is 11.5 Å². The molecule has 2 aromatic heterocycles. The predicted octanol–water partition coefficient (Wildman–Crippen LogP) is 4.45. The van der Waals surface area contributed by atoms with Crippen molar-refractivity contribution < 1.29 is 17.6 Å². The monoisotopic (exact) mass is 442 g/mol. The van der Waals surface area contributed by atoms with Crippen LogP contribution in [0.1, 0.15) is 35.6 Å². The number of rotatable bonds is 5. The molecule has 1 aliphatic heterocycles. The molecule has 1 aliphatic rings. The quantitative estimate of drug-likeness (QED) is 0.309. The van der Waals surface area contributed by atoms with Gasteiger partial charge in [0.05, 0.1) is 18.0 Å². The molecule has 0 radical (unpaired) electrons. The van der Waals surface area contributed by atoms with E-state index in [0.717, 1.165) is 18.0 Å². The minimum absolute atomic E-state index is 0.190. The third kappa shape index (κ3) is 4.03. The van der Waals surface area contributed by atoms with Crippen molar-refractivity contribution in [1.29, 1.82) is 5.41 Å². The Kier molecular flexibility index (Phi) is 5.37. The topological polar surface area (TPSA) is 104 Å². The molecule has 6 nitrogen and oxygen atoms in total. The second-order valence-corrected chi connectivity index (χ2v) is 7.34. The van der Waals surface area contributed by atoms with Gasteiger partial charge in [-0.05, 0) is 29.8 Å². The number of nitrogen functional groups attached to an aromatic ring is 1. The fourth-order valence-corrected chi connectivity index (χ4v) is 3.50. The number of nitrogens with zero attached hydrogens (tertiary/aromatic N) is 3. The van der Waals surface area contributed by atoms with E-state index in [-0.39, 0.29) is 23.3 Å². The number of nitrogens with one attached hydrogen (secondary N) is 2. The number of H-pyrrole nitrogens is 1. The smallest absolute Gasteiger partial charge is 0.382 e. The first-order chi connectivity index (χ1) is 15.1. The largest absolute Gasteiger partial charge is 0.451 e. The summed E-state index contributed by atoms with van der Waals surface area (Å²) in [6.07, 6.45) is -0.731. The van der Waals surface area contributed by atoms with Gasteiger partial charge in [-0.1, -0.05) is 19.1 Å². The normalized spacial score (nSPS) is 14.8. The number of aromatic amines is 1. The van der Waals surface area contributed by atoms with Gasteiger partial charge in [-0.15, -0.1) is 0 Å². The number of halogens is 4. The maximum absolute atomic E-state index is 14.1. The predicted molar refractivity (Wildman–Crippen MR) is 112 cm³/mol. The molecular formula is C22H18F4N6. The third-order valence-corrected chi connectivity index (χ3v) is 5.25. The van der Waals surface area contributed by atoms with E-state index in [0.29, 0.717) is 34.6 Å². The lowest BCUT2D eigenvalue weighted by atomic mass is 9.96. The number of allylic oxidation sites excluding steroid dienone is 1. The van der Waals surface area contributed by atoms with Crippen molar-refractivity contribution in [3.8, 4) is 11.1 Å². The highest BCUT2D eigenvalue weighted by Crippen LogP contribution is 2.33. The van der Waals surface area contributed by atoms with Crippen LogP contribution >= 0.6 is 0 Å². The Balaban J connectivity index is 1.65. The van der Waals surface area contributed by atoms with Gasteiger partial charge in [0.25, 0.3) is 0 Å². The third-order valence-electron chi connectivity index (χ3n) is 5.25. The van der Waals surface area contributed by atoms with Crippen LogP contribution in [0.4, 0.5) is 17.6 Å². The van der Waals surface area contributed by atoms with Gasteiger partial charge < -0.3 is 10.7 Å². The van der Waals surface area contributed by atoms with Crippen LogP contribution in [-0.2, 0) is 6.18 Å². The highest BCUT2D eigenvalue weighted by Gasteiger charge is 2.34. The molecule has 1 aromatic carbocycles. The zero-order valence-electron chi connectivity index (χ0n) is 16.8. The van der Waals surface area contributed by atoms with Gasteiger partial charge in [0.1, 0.15) is 11.7 Å². The highest BCUT2D eigenvalue weighted by atomic mass is 19.4. The van der Waals surface area contributed by atoms with Gasteiger partial charge in [-0.25, -0.2) is 14.4 Å². The van der Waals surface area contributed by atoms with Gasteiger partial charge >= 0.3 is 6.18 Å². The van der Waals surface area contributed by atoms with Crippen molar-refractivity contribution in [1.82, 2.24) is 15.0 Å². The number of aromatic nitrogens is 3. The Labute approximate surface area is 180 Å². The molecule has 3 heterocycles. The number of hydrogen-bond donors (Lipinski definition) is 3. The minimum Gasteiger partial charge on any atom is -0.382 e. The number of nitrogens with two attached hydrogens (primary N) is 1. The first-order valence-corrected chi connectivity index (χ1v) is 9.62. The fourth-order valence-electron chi connectivity index (χ4n) is 3.50. The molecule has 1 atom stereocenters. The number of aliphatic imine (C=N–C) groups is 1. The molecule has 0 fully saturated rings. The van der Waals surface area contributed by atoms with Crippen molar-refractivity contribution in [2.24, 2.45) is 10.7 Å². The van der Waals surface area contributed by atoms with E-state index in [1.807, 2.05) is 13.0 Å². The first kappa shape index (κ1) is 21.4. The van der Waals surface area contributed by atoms with Gasteiger partial charge in [-0.3, -0.25) is 10.4 Å². The Morgan fingerprint density at radius 3 is 2.47 bits per heavy atom. The summed E-state index contributed by atoms with van der Waals surface area (Å²) < 4.78 is 52.4. The number of benzene rings is 1. The van der Waals surface area contributed by atoms with Crippen LogP contribution in [0, 0.1) is 11.2 Å². The number of alkyl halides is 3. The lowest BCUT2D eigenvalue weighted by molar-refractivity contribution is -0.144. The van der Waals surface area contributed by atoms with Crippen LogP contribution in [0.25, 0.3) is 11.1 Å². The number of hydrogen-bond acceptors (Lipinski definition) is 4. The summed E-state index contributed by atoms with van der Waals surface area (Å²) in [5.41, 5.74) is 9.20. The average Bonchev–Trinajstić information content (AvgIpc) is 3.41. The second-order valence-electron chi connectivity index (χ2n) is 7.34. The molecule has 0 aliphatic carbocycles. The standard InChI is InChI=1S/C22H18F4N6/c1-11(12-6-18(29-8-12)14-4-2-3-5-16(14)23)17-7-15(19(32-17)20(27)28)13-9-30-21(31-10-13)22(24,25)26/h2-7,9-11,32H,8H2,1H3,(H3,27,28). The van der Waals surface area contributed by atoms with Gasteiger partial charge in [-0.2, -0.15) is 13.2 Å². The maximum atomic E-state index is 14.1. The summed E-state index contributed by atoms with van der Waals surface area (Å²) >= 11 is 0. The Morgan fingerprint density at radius 1 is 1.16 bits per heavy atom. The van der Waals surface area contributed by atoms with Gasteiger partial charge in [0, 0.05) is 40.7 Å². The summed E-state index contributed by atoms with van der Waals surface area (Å²) in [5.74, 6) is -2.07. The molecule has 0 saturated carbocycles. The summed E-state index contributed by atoms with van der Waals surface area (Å²) in [6.45, 7) is 2.28. The van der Waals surface area contributed by atoms with Crippen LogP contribution in [0.15, 0.2) is 59.4 Å². The second kappa shape index (κ2) is 8.03. The molecule has 0 spiro atoms. The van der Waals surface area contributed by atoms with E-state index in [1.165, 1.54) is 6.07 Å². The van der Waals surface area contributed by atoms with Crippen molar-refractivity contribution in [2.75, 3.05) is 6.54 Å². The van der Waals surface area contributed by atoms with Crippen LogP contribution in [0.5, 0.6) is 0 Å². The average molecular weight is 442 g/mol. The van der Waals surface area contributed by atoms with Crippen LogP contribution in [0.2, 0.25) is 0 Å². The van der Waals surface area contributed by atoms with E-state index in [2.05, 4.69) is 19.9 Å². The van der Waals surface area contributed by atoms with E-state index >= 15 is 0 Å². The van der Waals surface area contributed by atoms with Gasteiger partial charge in [0.15, 0.2) is 0 Å². The maximum Gasteiger partial charge on any atom is 0.451 e. The van der Waals surface area contributed by atoms with E-state index in [1.54, 1.807) is 24.3 Å². The molecule has 32 heavy (non-hydrogen) atoms. The highest BCUT2D eigenvalue weighted by molar-refractivity contribution is 6.10. The molecule has 4 N–H and O–H groups in total. The summed E-state index contributed by atoms with van der Waals surface area (Å²) in [7, 11) is 0. The molecule has 0 amide bonds. The SMILES string of the molecule is CC(C1=CC(c2ccccc2F)=NC1)c1cc(-c2cnc(C(F)(F)F)nc2)c(C(=N)N)[nH]1. The van der Waals surface area contributed by atoms with Crippen LogP contribution < -0.4 is 5.73 Å². The molecule has 0 saturated heterocycles. The van der Waals surface area contributed by atoms with E-state index < -0.39 is 12.0 Å². The lowest BCUT2D eigenvalue weighted by Crippen LogP contribution is -2.14. The Bertz CT molecular complexity index is 1240. The molecule has 164 valence electrons. The molecule has 0 bridgehead atoms. The molecule has 10 heteroatoms. The molecule has 3 aromatic rings. The zero-order valence-corrected chi connectivity index (χ0v) is 16.8. The van der Waals surface area contributed by atoms with Gasteiger partial charge in [0.2, 0.25) is 5.82 Å². The number of amidine groups is 1. The minimum atomic E-state index is -4.65. The summed E-state index contributed by atoms with van der Waals surface area (Å²) in [4.78, 5) is 14.3. The van der Waals surface area contributed by atoms with E-state index in [4.69, 9.17) is 11.1 Å². The first-order valence-electron chi connectivity index (χ1n) is 9.62. The van der Waals surface area contributed by atoms with Crippen molar-refractivity contribution in [2.45, 2.75) is 19.0 Å². The summed E-state index contributed by atoms with van der Waals surface area (Å²) in [5, 5.41) is 7.85.